The number of carbonyl (C=O) groups excluding carboxylic acids is 2. The van der Waals surface area contributed by atoms with Gasteiger partial charge in [-0.25, -0.2) is 9.97 Å². The molecule has 1 aliphatic rings. The average molecular weight is 498 g/mol. The lowest BCUT2D eigenvalue weighted by molar-refractivity contribution is -0.133. The summed E-state index contributed by atoms with van der Waals surface area (Å²) in [7, 11) is 0. The van der Waals surface area contributed by atoms with E-state index in [9.17, 15) is 9.59 Å². The Kier molecular flexibility index (Phi) is 12.9. The molecule has 0 saturated carbocycles. The summed E-state index contributed by atoms with van der Waals surface area (Å²) in [6.45, 7) is 9.22. The zero-order valence-corrected chi connectivity index (χ0v) is 22.0. The van der Waals surface area contributed by atoms with Crippen LogP contribution in [0, 0.1) is 0 Å². The van der Waals surface area contributed by atoms with Crippen LogP contribution in [0.1, 0.15) is 78.6 Å². The Balaban J connectivity index is 1.84. The van der Waals surface area contributed by atoms with E-state index in [1.807, 2.05) is 4.90 Å². The van der Waals surface area contributed by atoms with Gasteiger partial charge in [0.05, 0.1) is 5.75 Å². The fraction of sp³-hybridized carbons (Fsp3) is 0.750. The lowest BCUT2D eigenvalue weighted by Gasteiger charge is -2.40. The van der Waals surface area contributed by atoms with E-state index in [4.69, 9.17) is 11.6 Å². The number of thioether (sulfide) groups is 1. The summed E-state index contributed by atoms with van der Waals surface area (Å²) >= 11 is 7.55. The van der Waals surface area contributed by atoms with Crippen LogP contribution in [0.15, 0.2) is 11.2 Å². The lowest BCUT2D eigenvalue weighted by Crippen LogP contribution is -2.54. The smallest absolute Gasteiger partial charge is 0.230 e. The van der Waals surface area contributed by atoms with E-state index >= 15 is 0 Å². The predicted molar refractivity (Wildman–Crippen MR) is 137 cm³/mol. The van der Waals surface area contributed by atoms with E-state index in [1.54, 1.807) is 6.07 Å². The molecule has 1 saturated heterocycles. The number of aromatic nitrogens is 2. The van der Waals surface area contributed by atoms with Gasteiger partial charge in [0.25, 0.3) is 0 Å². The maximum atomic E-state index is 12.7. The summed E-state index contributed by atoms with van der Waals surface area (Å²) in [5.41, 5.74) is 0. The number of nitrogens with zero attached hydrogens (tertiary/aromatic N) is 4. The standard InChI is InChI=1S/C24H40ClN5O2S/c1-4-6-8-9-10-12-23(32)30-15-14-29(17-19(30)3)21-16-20(25)27-24(28-21)33-18-22(31)26-13-11-7-5-2/h16,19H,4-15,17-18H2,1-3H3,(H,26,31). The number of anilines is 1. The van der Waals surface area contributed by atoms with Crippen molar-refractivity contribution >= 4 is 41.0 Å². The first kappa shape index (κ1) is 27.7. The van der Waals surface area contributed by atoms with Gasteiger partial charge in [-0.3, -0.25) is 9.59 Å². The third-order valence-electron chi connectivity index (χ3n) is 5.86. The Morgan fingerprint density at radius 1 is 1.09 bits per heavy atom. The van der Waals surface area contributed by atoms with Gasteiger partial charge in [0.2, 0.25) is 11.8 Å². The van der Waals surface area contributed by atoms with Crippen LogP contribution in [0.2, 0.25) is 5.15 Å². The zero-order valence-electron chi connectivity index (χ0n) is 20.4. The minimum absolute atomic E-state index is 0.0170. The van der Waals surface area contributed by atoms with Crippen LogP contribution in [-0.4, -0.2) is 64.7 Å². The molecule has 9 heteroatoms. The molecule has 2 heterocycles. The van der Waals surface area contributed by atoms with Gasteiger partial charge in [-0.05, 0) is 19.8 Å². The molecule has 186 valence electrons. The highest BCUT2D eigenvalue weighted by Gasteiger charge is 2.28. The third kappa shape index (κ3) is 10.1. The Hall–Kier alpha value is -1.54. The van der Waals surface area contributed by atoms with Crippen LogP contribution in [-0.2, 0) is 9.59 Å². The van der Waals surface area contributed by atoms with Gasteiger partial charge in [0.15, 0.2) is 5.16 Å². The van der Waals surface area contributed by atoms with Crippen LogP contribution in [0.25, 0.3) is 0 Å². The molecule has 7 nitrogen and oxygen atoms in total. The Labute approximate surface area is 208 Å². The number of unbranched alkanes of at least 4 members (excludes halogenated alkanes) is 6. The first-order chi connectivity index (χ1) is 15.9. The molecule has 2 amide bonds. The Morgan fingerprint density at radius 3 is 2.55 bits per heavy atom. The van der Waals surface area contributed by atoms with Gasteiger partial charge < -0.3 is 15.1 Å². The summed E-state index contributed by atoms with van der Waals surface area (Å²) in [4.78, 5) is 37.8. The van der Waals surface area contributed by atoms with Crippen molar-refractivity contribution in [1.29, 1.82) is 0 Å². The molecule has 0 aliphatic carbocycles. The number of amides is 2. The summed E-state index contributed by atoms with van der Waals surface area (Å²) in [5, 5.41) is 3.79. The van der Waals surface area contributed by atoms with Crippen LogP contribution in [0.4, 0.5) is 5.82 Å². The second kappa shape index (κ2) is 15.4. The largest absolute Gasteiger partial charge is 0.355 e. The van der Waals surface area contributed by atoms with Crippen LogP contribution >= 0.6 is 23.4 Å². The molecular weight excluding hydrogens is 458 g/mol. The number of halogens is 1. The second-order valence-corrected chi connectivity index (χ2v) is 10.1. The fourth-order valence-electron chi connectivity index (χ4n) is 3.96. The summed E-state index contributed by atoms with van der Waals surface area (Å²) < 4.78 is 0. The Bertz CT molecular complexity index is 752. The van der Waals surface area contributed by atoms with Crippen molar-refractivity contribution in [2.24, 2.45) is 0 Å². The molecule has 0 spiro atoms. The van der Waals surface area contributed by atoms with Gasteiger partial charge in [-0.1, -0.05) is 75.7 Å². The number of piperazine rings is 1. The highest BCUT2D eigenvalue weighted by atomic mass is 35.5. The number of rotatable bonds is 14. The van der Waals surface area contributed by atoms with Crippen molar-refractivity contribution in [2.75, 3.05) is 36.8 Å². The highest BCUT2D eigenvalue weighted by Crippen LogP contribution is 2.24. The molecule has 0 bridgehead atoms. The molecular formula is C24H40ClN5O2S. The van der Waals surface area contributed by atoms with Crippen molar-refractivity contribution in [3.63, 3.8) is 0 Å². The number of hydrogen-bond donors (Lipinski definition) is 1. The minimum atomic E-state index is -0.0170. The molecule has 2 rings (SSSR count). The molecule has 1 aromatic rings. The van der Waals surface area contributed by atoms with Crippen LogP contribution < -0.4 is 10.2 Å². The predicted octanol–water partition coefficient (Wildman–Crippen LogP) is 4.93. The van der Waals surface area contributed by atoms with E-state index in [1.165, 1.54) is 31.0 Å². The van der Waals surface area contributed by atoms with Crippen molar-refractivity contribution in [3.8, 4) is 0 Å². The fourth-order valence-corrected chi connectivity index (χ4v) is 4.87. The van der Waals surface area contributed by atoms with Crippen LogP contribution in [0.5, 0.6) is 0 Å². The van der Waals surface area contributed by atoms with Crippen molar-refractivity contribution < 1.29 is 9.59 Å². The topological polar surface area (TPSA) is 78.4 Å². The monoisotopic (exact) mass is 497 g/mol. The van der Waals surface area contributed by atoms with E-state index in [-0.39, 0.29) is 23.6 Å². The molecule has 1 aromatic heterocycles. The molecule has 1 aliphatic heterocycles. The molecule has 1 fully saturated rings. The highest BCUT2D eigenvalue weighted by molar-refractivity contribution is 7.99. The third-order valence-corrected chi connectivity index (χ3v) is 6.90. The maximum Gasteiger partial charge on any atom is 0.230 e. The molecule has 33 heavy (non-hydrogen) atoms. The summed E-state index contributed by atoms with van der Waals surface area (Å²) in [6.07, 6.45) is 9.65. The van der Waals surface area contributed by atoms with E-state index in [2.05, 4.69) is 41.0 Å². The molecule has 1 atom stereocenters. The lowest BCUT2D eigenvalue weighted by atomic mass is 10.1. The van der Waals surface area contributed by atoms with E-state index in [0.29, 0.717) is 42.9 Å². The molecule has 0 radical (unpaired) electrons. The van der Waals surface area contributed by atoms with Crippen molar-refractivity contribution in [1.82, 2.24) is 20.2 Å². The molecule has 0 aromatic carbocycles. The minimum Gasteiger partial charge on any atom is -0.355 e. The molecule has 1 unspecified atom stereocenters. The normalized spacial score (nSPS) is 16.2. The maximum absolute atomic E-state index is 12.7. The number of carbonyl (C=O) groups is 2. The number of hydrogen-bond acceptors (Lipinski definition) is 6. The van der Waals surface area contributed by atoms with Crippen LogP contribution in [0.3, 0.4) is 0 Å². The van der Waals surface area contributed by atoms with Crippen molar-refractivity contribution in [2.45, 2.75) is 89.8 Å². The van der Waals surface area contributed by atoms with Gasteiger partial charge in [0, 0.05) is 44.7 Å². The van der Waals surface area contributed by atoms with Crippen molar-refractivity contribution in [3.05, 3.63) is 11.2 Å². The van der Waals surface area contributed by atoms with Gasteiger partial charge in [-0.15, -0.1) is 0 Å². The van der Waals surface area contributed by atoms with E-state index in [0.717, 1.165) is 37.9 Å². The van der Waals surface area contributed by atoms with E-state index < -0.39 is 0 Å². The number of nitrogens with one attached hydrogen (secondary N) is 1. The Morgan fingerprint density at radius 2 is 1.82 bits per heavy atom. The molecule has 1 N–H and O–H groups in total. The zero-order chi connectivity index (χ0) is 24.1. The SMILES string of the molecule is CCCCCCCC(=O)N1CCN(c2cc(Cl)nc(SCC(=O)NCCCCC)n2)CC1C. The summed E-state index contributed by atoms with van der Waals surface area (Å²) in [5.74, 6) is 1.25. The van der Waals surface area contributed by atoms with Gasteiger partial charge in [-0.2, -0.15) is 0 Å². The second-order valence-electron chi connectivity index (χ2n) is 8.72. The first-order valence-corrected chi connectivity index (χ1v) is 13.8. The quantitative estimate of drug-likeness (QED) is 0.170. The van der Waals surface area contributed by atoms with Gasteiger partial charge in [0.1, 0.15) is 11.0 Å². The first-order valence-electron chi connectivity index (χ1n) is 12.4. The van der Waals surface area contributed by atoms with Gasteiger partial charge >= 0.3 is 0 Å². The summed E-state index contributed by atoms with van der Waals surface area (Å²) in [6, 6.07) is 1.87. The average Bonchev–Trinajstić information content (AvgIpc) is 2.80.